The van der Waals surface area contributed by atoms with Gasteiger partial charge in [0.15, 0.2) is 5.76 Å². The summed E-state index contributed by atoms with van der Waals surface area (Å²) in [6, 6.07) is 23.6. The van der Waals surface area contributed by atoms with Crippen molar-refractivity contribution < 1.29 is 23.1 Å². The smallest absolute Gasteiger partial charge is 0.309 e. The minimum Gasteiger partial charge on any atom is -0.463 e. The topological polar surface area (TPSA) is 86.4 Å². The van der Waals surface area contributed by atoms with Crippen molar-refractivity contribution in [2.75, 3.05) is 5.32 Å². The molecule has 0 atom stereocenters. The number of nitrogens with one attached hydrogen (secondary N) is 1. The van der Waals surface area contributed by atoms with Crippen molar-refractivity contribution in [1.82, 2.24) is 9.78 Å². The monoisotopic (exact) mass is 495 g/mol. The van der Waals surface area contributed by atoms with Gasteiger partial charge in [-0.1, -0.05) is 30.3 Å². The van der Waals surface area contributed by atoms with Crippen LogP contribution in [0.3, 0.4) is 0 Å². The van der Waals surface area contributed by atoms with E-state index in [1.165, 1.54) is 31.2 Å². The van der Waals surface area contributed by atoms with Crippen LogP contribution < -0.4 is 10.1 Å². The summed E-state index contributed by atoms with van der Waals surface area (Å²) in [6.45, 7) is 3.29. The summed E-state index contributed by atoms with van der Waals surface area (Å²) in [6.07, 6.45) is 1.54. The van der Waals surface area contributed by atoms with E-state index in [1.807, 2.05) is 31.2 Å². The Kier molecular flexibility index (Phi) is 6.38. The highest BCUT2D eigenvalue weighted by molar-refractivity contribution is 6.04. The van der Waals surface area contributed by atoms with Crippen LogP contribution in [-0.4, -0.2) is 21.7 Å². The Morgan fingerprint density at radius 1 is 0.973 bits per heavy atom. The molecule has 2 heterocycles. The van der Waals surface area contributed by atoms with Crippen LogP contribution in [0.25, 0.3) is 28.3 Å². The number of anilines is 1. The summed E-state index contributed by atoms with van der Waals surface area (Å²) in [5.74, 6) is -0.687. The van der Waals surface area contributed by atoms with Crippen molar-refractivity contribution in [1.29, 1.82) is 0 Å². The van der Waals surface area contributed by atoms with Gasteiger partial charge in [-0.05, 0) is 72.6 Å². The number of halogens is 1. The Balaban J connectivity index is 1.58. The Bertz CT molecular complexity index is 1590. The molecule has 0 fully saturated rings. The number of amides is 1. The third kappa shape index (κ3) is 5.04. The highest BCUT2D eigenvalue weighted by atomic mass is 19.1. The van der Waals surface area contributed by atoms with Gasteiger partial charge >= 0.3 is 5.97 Å². The van der Waals surface area contributed by atoms with E-state index in [1.54, 1.807) is 47.3 Å². The second-order valence-corrected chi connectivity index (χ2v) is 8.39. The van der Waals surface area contributed by atoms with Crippen molar-refractivity contribution >= 4 is 17.6 Å². The van der Waals surface area contributed by atoms with Gasteiger partial charge in [0.2, 0.25) is 5.88 Å². The van der Waals surface area contributed by atoms with Crippen LogP contribution in [0, 0.1) is 12.7 Å². The fraction of sp³-hybridized carbons (Fsp3) is 0.0690. The predicted molar refractivity (Wildman–Crippen MR) is 137 cm³/mol. The first-order chi connectivity index (χ1) is 17.9. The van der Waals surface area contributed by atoms with Crippen LogP contribution in [0.5, 0.6) is 5.88 Å². The van der Waals surface area contributed by atoms with Gasteiger partial charge in [0, 0.05) is 18.2 Å². The van der Waals surface area contributed by atoms with Crippen molar-refractivity contribution in [3.05, 3.63) is 108 Å². The maximum atomic E-state index is 13.5. The second kappa shape index (κ2) is 9.94. The molecule has 7 nitrogen and oxygen atoms in total. The van der Waals surface area contributed by atoms with Crippen molar-refractivity contribution in [3.8, 4) is 34.1 Å². The number of esters is 1. The van der Waals surface area contributed by atoms with Gasteiger partial charge < -0.3 is 14.5 Å². The lowest BCUT2D eigenvalue weighted by molar-refractivity contribution is -0.132. The third-order valence-electron chi connectivity index (χ3n) is 5.60. The van der Waals surface area contributed by atoms with Gasteiger partial charge in [0.25, 0.3) is 5.91 Å². The average Bonchev–Trinajstić information content (AvgIpc) is 3.53. The summed E-state index contributed by atoms with van der Waals surface area (Å²) < 4.78 is 26.4. The standard InChI is InChI=1S/C29H22FN3O4/c1-18-6-3-9-24(16-18)33-29(37-19(2)34)26(27(32-33)25-10-5-15-36-25)20-11-13-23(14-12-20)31-28(35)21-7-4-8-22(30)17-21/h3-17H,1-2H3,(H,31,35). The molecule has 2 aromatic heterocycles. The number of rotatable bonds is 6. The van der Waals surface area contributed by atoms with E-state index in [9.17, 15) is 14.0 Å². The summed E-state index contributed by atoms with van der Waals surface area (Å²) in [5, 5.41) is 7.51. The molecule has 0 aliphatic heterocycles. The zero-order valence-electron chi connectivity index (χ0n) is 20.1. The zero-order chi connectivity index (χ0) is 25.9. The minimum absolute atomic E-state index is 0.209. The molecule has 0 aliphatic carbocycles. The lowest BCUT2D eigenvalue weighted by atomic mass is 10.0. The van der Waals surface area contributed by atoms with Crippen LogP contribution in [0.15, 0.2) is 95.6 Å². The lowest BCUT2D eigenvalue weighted by Gasteiger charge is -2.10. The minimum atomic E-state index is -0.500. The quantitative estimate of drug-likeness (QED) is 0.275. The van der Waals surface area contributed by atoms with E-state index < -0.39 is 17.7 Å². The van der Waals surface area contributed by atoms with Crippen LogP contribution in [-0.2, 0) is 4.79 Å². The Morgan fingerprint density at radius 3 is 2.43 bits per heavy atom. The first-order valence-corrected chi connectivity index (χ1v) is 11.5. The highest BCUT2D eigenvalue weighted by Crippen LogP contribution is 2.41. The number of carbonyl (C=O) groups excluding carboxylic acids is 2. The first kappa shape index (κ1) is 23.7. The van der Waals surface area contributed by atoms with Crippen LogP contribution in [0.2, 0.25) is 0 Å². The lowest BCUT2D eigenvalue weighted by Crippen LogP contribution is -2.11. The third-order valence-corrected chi connectivity index (χ3v) is 5.60. The molecule has 8 heteroatoms. The van der Waals surface area contributed by atoms with Crippen LogP contribution in [0.4, 0.5) is 10.1 Å². The van der Waals surface area contributed by atoms with Gasteiger partial charge in [0.05, 0.1) is 17.5 Å². The highest BCUT2D eigenvalue weighted by Gasteiger charge is 2.26. The van der Waals surface area contributed by atoms with Crippen molar-refractivity contribution in [3.63, 3.8) is 0 Å². The fourth-order valence-electron chi connectivity index (χ4n) is 3.97. The second-order valence-electron chi connectivity index (χ2n) is 8.39. The normalized spacial score (nSPS) is 10.8. The molecule has 1 N–H and O–H groups in total. The summed E-state index contributed by atoms with van der Waals surface area (Å²) >= 11 is 0. The van der Waals surface area contributed by atoms with Gasteiger partial charge in [-0.2, -0.15) is 9.78 Å². The number of carbonyl (C=O) groups is 2. The van der Waals surface area contributed by atoms with E-state index in [2.05, 4.69) is 5.32 Å². The molecule has 0 unspecified atom stereocenters. The number of aromatic nitrogens is 2. The number of benzene rings is 3. The predicted octanol–water partition coefficient (Wildman–Crippen LogP) is 6.42. The molecule has 0 aliphatic rings. The SMILES string of the molecule is CC(=O)Oc1c(-c2ccc(NC(=O)c3cccc(F)c3)cc2)c(-c2ccco2)nn1-c1cccc(C)c1. The molecular formula is C29H22FN3O4. The molecular weight excluding hydrogens is 473 g/mol. The number of ether oxygens (including phenoxy) is 1. The number of hydrogen-bond acceptors (Lipinski definition) is 5. The van der Waals surface area contributed by atoms with Crippen LogP contribution in [0.1, 0.15) is 22.8 Å². The largest absolute Gasteiger partial charge is 0.463 e. The molecule has 0 radical (unpaired) electrons. The summed E-state index contributed by atoms with van der Waals surface area (Å²) in [4.78, 5) is 24.6. The Morgan fingerprint density at radius 2 is 1.76 bits per heavy atom. The van der Waals surface area contributed by atoms with E-state index >= 15 is 0 Å². The Labute approximate surface area is 212 Å². The summed E-state index contributed by atoms with van der Waals surface area (Å²) in [7, 11) is 0. The van der Waals surface area contributed by atoms with E-state index in [0.717, 1.165) is 5.56 Å². The number of hydrogen-bond donors (Lipinski definition) is 1. The number of aryl methyl sites for hydroxylation is 1. The molecule has 0 saturated carbocycles. The van der Waals surface area contributed by atoms with E-state index in [0.29, 0.717) is 34.0 Å². The molecule has 0 spiro atoms. The Hall–Kier alpha value is -4.98. The molecule has 0 saturated heterocycles. The first-order valence-electron chi connectivity index (χ1n) is 11.5. The molecule has 5 aromatic rings. The number of nitrogens with zero attached hydrogens (tertiary/aromatic N) is 2. The molecule has 1 amide bonds. The van der Waals surface area contributed by atoms with Crippen molar-refractivity contribution in [2.45, 2.75) is 13.8 Å². The fourth-order valence-corrected chi connectivity index (χ4v) is 3.97. The molecule has 0 bridgehead atoms. The van der Waals surface area contributed by atoms with E-state index in [4.69, 9.17) is 14.3 Å². The maximum Gasteiger partial charge on any atom is 0.309 e. The van der Waals surface area contributed by atoms with Gasteiger partial charge in [-0.25, -0.2) is 4.39 Å². The molecule has 184 valence electrons. The maximum absolute atomic E-state index is 13.5. The van der Waals surface area contributed by atoms with Gasteiger partial charge in [-0.15, -0.1) is 0 Å². The summed E-state index contributed by atoms with van der Waals surface area (Å²) in [5.41, 5.74) is 4.17. The van der Waals surface area contributed by atoms with Crippen molar-refractivity contribution in [2.24, 2.45) is 0 Å². The molecule has 37 heavy (non-hydrogen) atoms. The van der Waals surface area contributed by atoms with Gasteiger partial charge in [0.1, 0.15) is 11.5 Å². The molecule has 3 aromatic carbocycles. The average molecular weight is 496 g/mol. The zero-order valence-corrected chi connectivity index (χ0v) is 20.1. The van der Waals surface area contributed by atoms with E-state index in [-0.39, 0.29) is 11.4 Å². The molecule has 5 rings (SSSR count). The van der Waals surface area contributed by atoms with Crippen LogP contribution >= 0.6 is 0 Å². The van der Waals surface area contributed by atoms with Gasteiger partial charge in [-0.3, -0.25) is 9.59 Å². The number of furan rings is 1.